The Morgan fingerprint density at radius 2 is 2.12 bits per heavy atom. The van der Waals surface area contributed by atoms with Gasteiger partial charge in [-0.1, -0.05) is 30.7 Å². The maximum Gasteiger partial charge on any atom is 0.0412 e. The average Bonchev–Trinajstić information content (AvgIpc) is 2.75. The highest BCUT2D eigenvalue weighted by atomic mass is 35.5. The highest BCUT2D eigenvalue weighted by Gasteiger charge is 2.02. The van der Waals surface area contributed by atoms with Gasteiger partial charge in [0.15, 0.2) is 0 Å². The number of rotatable bonds is 4. The average molecular weight is 252 g/mol. The zero-order valence-corrected chi connectivity index (χ0v) is 10.7. The van der Waals surface area contributed by atoms with Crippen molar-refractivity contribution in [2.45, 2.75) is 13.5 Å². The lowest BCUT2D eigenvalue weighted by molar-refractivity contribution is 0.735. The molecule has 0 saturated heterocycles. The summed E-state index contributed by atoms with van der Waals surface area (Å²) in [6.07, 6.45) is 0. The van der Waals surface area contributed by atoms with Crippen molar-refractivity contribution >= 4 is 22.9 Å². The molecule has 0 radical (unpaired) electrons. The summed E-state index contributed by atoms with van der Waals surface area (Å²) in [5, 5.41) is 4.12. The van der Waals surface area contributed by atoms with E-state index in [0.717, 1.165) is 18.1 Å². The van der Waals surface area contributed by atoms with E-state index in [1.54, 1.807) is 0 Å². The van der Waals surface area contributed by atoms with Crippen LogP contribution < -0.4 is 5.32 Å². The van der Waals surface area contributed by atoms with Crippen LogP contribution in [0.5, 0.6) is 0 Å². The summed E-state index contributed by atoms with van der Waals surface area (Å²) in [6, 6.07) is 12.3. The molecule has 3 heteroatoms. The van der Waals surface area contributed by atoms with Crippen LogP contribution in [0.2, 0.25) is 5.02 Å². The van der Waals surface area contributed by atoms with Gasteiger partial charge in [-0.3, -0.25) is 0 Å². The Labute approximate surface area is 105 Å². The molecule has 0 saturated carbocycles. The second kappa shape index (κ2) is 5.48. The van der Waals surface area contributed by atoms with Crippen molar-refractivity contribution in [2.75, 3.05) is 6.54 Å². The summed E-state index contributed by atoms with van der Waals surface area (Å²) >= 11 is 7.79. The van der Waals surface area contributed by atoms with E-state index in [9.17, 15) is 0 Å². The van der Waals surface area contributed by atoms with Crippen molar-refractivity contribution in [1.29, 1.82) is 0 Å². The minimum atomic E-state index is 0.791. The standard InChI is InChI=1S/C13H14ClNS/c1-2-15-9-12-6-7-13(16-12)10-4-3-5-11(14)8-10/h3-8,15H,2,9H2,1H3. The lowest BCUT2D eigenvalue weighted by Gasteiger charge is -1.98. The number of nitrogens with one attached hydrogen (secondary N) is 1. The monoisotopic (exact) mass is 251 g/mol. The molecule has 1 heterocycles. The maximum atomic E-state index is 5.98. The van der Waals surface area contributed by atoms with Crippen molar-refractivity contribution in [1.82, 2.24) is 5.32 Å². The van der Waals surface area contributed by atoms with E-state index in [0.29, 0.717) is 0 Å². The van der Waals surface area contributed by atoms with E-state index in [2.05, 4.69) is 30.4 Å². The van der Waals surface area contributed by atoms with Crippen LogP contribution in [0.25, 0.3) is 10.4 Å². The summed E-state index contributed by atoms with van der Waals surface area (Å²) in [4.78, 5) is 2.63. The summed E-state index contributed by atoms with van der Waals surface area (Å²) < 4.78 is 0. The summed E-state index contributed by atoms with van der Waals surface area (Å²) in [6.45, 7) is 4.07. The molecule has 0 aliphatic carbocycles. The molecular weight excluding hydrogens is 238 g/mol. The first-order chi connectivity index (χ1) is 7.79. The molecule has 0 aliphatic rings. The molecule has 0 fully saturated rings. The molecule has 1 nitrogen and oxygen atoms in total. The lowest BCUT2D eigenvalue weighted by Crippen LogP contribution is -2.10. The van der Waals surface area contributed by atoms with Crippen molar-refractivity contribution in [3.05, 3.63) is 46.3 Å². The molecule has 0 unspecified atom stereocenters. The summed E-state index contributed by atoms with van der Waals surface area (Å²) in [7, 11) is 0. The molecular formula is C13H14ClNS. The predicted molar refractivity (Wildman–Crippen MR) is 72.1 cm³/mol. The zero-order valence-electron chi connectivity index (χ0n) is 9.16. The second-order valence-corrected chi connectivity index (χ2v) is 5.16. The number of hydrogen-bond donors (Lipinski definition) is 1. The first-order valence-electron chi connectivity index (χ1n) is 5.35. The van der Waals surface area contributed by atoms with Crippen LogP contribution in [0.3, 0.4) is 0 Å². The third-order valence-electron chi connectivity index (χ3n) is 2.32. The van der Waals surface area contributed by atoms with E-state index >= 15 is 0 Å². The Balaban J connectivity index is 2.18. The van der Waals surface area contributed by atoms with Crippen LogP contribution in [0.4, 0.5) is 0 Å². The predicted octanol–water partition coefficient (Wildman–Crippen LogP) is 4.18. The van der Waals surface area contributed by atoms with Gasteiger partial charge >= 0.3 is 0 Å². The SMILES string of the molecule is CCNCc1ccc(-c2cccc(Cl)c2)s1. The normalized spacial score (nSPS) is 10.6. The smallest absolute Gasteiger partial charge is 0.0412 e. The van der Waals surface area contributed by atoms with Gasteiger partial charge in [0, 0.05) is 21.3 Å². The fourth-order valence-electron chi connectivity index (χ4n) is 1.52. The molecule has 0 aliphatic heterocycles. The molecule has 84 valence electrons. The van der Waals surface area contributed by atoms with Crippen LogP contribution in [-0.4, -0.2) is 6.54 Å². The minimum Gasteiger partial charge on any atom is -0.312 e. The molecule has 1 aromatic heterocycles. The third-order valence-corrected chi connectivity index (χ3v) is 3.69. The first kappa shape index (κ1) is 11.6. The van der Waals surface area contributed by atoms with Crippen LogP contribution in [0.1, 0.15) is 11.8 Å². The number of benzene rings is 1. The Kier molecular flexibility index (Phi) is 3.99. The van der Waals surface area contributed by atoms with E-state index in [4.69, 9.17) is 11.6 Å². The molecule has 2 rings (SSSR count). The van der Waals surface area contributed by atoms with Crippen LogP contribution in [0, 0.1) is 0 Å². The molecule has 16 heavy (non-hydrogen) atoms. The summed E-state index contributed by atoms with van der Waals surface area (Å²) in [5.41, 5.74) is 1.19. The molecule has 1 aromatic carbocycles. The highest BCUT2D eigenvalue weighted by molar-refractivity contribution is 7.15. The second-order valence-electron chi connectivity index (χ2n) is 3.56. The van der Waals surface area contributed by atoms with E-state index in [1.165, 1.54) is 15.3 Å². The Hall–Kier alpha value is -0.830. The quantitative estimate of drug-likeness (QED) is 0.860. The van der Waals surface area contributed by atoms with Gasteiger partial charge in [0.1, 0.15) is 0 Å². The van der Waals surface area contributed by atoms with Crippen molar-refractivity contribution in [2.24, 2.45) is 0 Å². The van der Waals surface area contributed by atoms with Gasteiger partial charge < -0.3 is 5.32 Å². The first-order valence-corrected chi connectivity index (χ1v) is 6.54. The fourth-order valence-corrected chi connectivity index (χ4v) is 2.68. The molecule has 1 N–H and O–H groups in total. The van der Waals surface area contributed by atoms with Crippen molar-refractivity contribution < 1.29 is 0 Å². The summed E-state index contributed by atoms with van der Waals surface area (Å²) in [5.74, 6) is 0. The number of hydrogen-bond acceptors (Lipinski definition) is 2. The lowest BCUT2D eigenvalue weighted by atomic mass is 10.2. The Bertz CT molecular complexity index is 464. The molecule has 2 aromatic rings. The van der Waals surface area contributed by atoms with E-state index < -0.39 is 0 Å². The highest BCUT2D eigenvalue weighted by Crippen LogP contribution is 2.29. The molecule has 0 atom stereocenters. The van der Waals surface area contributed by atoms with Gasteiger partial charge in [-0.2, -0.15) is 0 Å². The van der Waals surface area contributed by atoms with Gasteiger partial charge in [-0.25, -0.2) is 0 Å². The van der Waals surface area contributed by atoms with E-state index in [1.807, 2.05) is 29.5 Å². The Morgan fingerprint density at radius 3 is 2.88 bits per heavy atom. The zero-order chi connectivity index (χ0) is 11.4. The van der Waals surface area contributed by atoms with Crippen LogP contribution in [0.15, 0.2) is 36.4 Å². The largest absolute Gasteiger partial charge is 0.312 e. The Morgan fingerprint density at radius 1 is 1.25 bits per heavy atom. The van der Waals surface area contributed by atoms with Gasteiger partial charge in [-0.15, -0.1) is 11.3 Å². The van der Waals surface area contributed by atoms with Crippen LogP contribution >= 0.6 is 22.9 Å². The van der Waals surface area contributed by atoms with Gasteiger partial charge in [0.05, 0.1) is 0 Å². The van der Waals surface area contributed by atoms with Crippen LogP contribution in [-0.2, 0) is 6.54 Å². The molecule has 0 amide bonds. The van der Waals surface area contributed by atoms with Crippen molar-refractivity contribution in [3.63, 3.8) is 0 Å². The number of thiophene rings is 1. The minimum absolute atomic E-state index is 0.791. The fraction of sp³-hybridized carbons (Fsp3) is 0.231. The van der Waals surface area contributed by atoms with Gasteiger partial charge in [0.25, 0.3) is 0 Å². The molecule has 0 spiro atoms. The topological polar surface area (TPSA) is 12.0 Å². The maximum absolute atomic E-state index is 5.98. The van der Waals surface area contributed by atoms with Crippen molar-refractivity contribution in [3.8, 4) is 10.4 Å². The van der Waals surface area contributed by atoms with Gasteiger partial charge in [0.2, 0.25) is 0 Å². The van der Waals surface area contributed by atoms with Gasteiger partial charge in [-0.05, 0) is 36.4 Å². The third kappa shape index (κ3) is 2.85. The molecule has 0 bridgehead atoms. The van der Waals surface area contributed by atoms with E-state index in [-0.39, 0.29) is 0 Å². The number of halogens is 1.